The van der Waals surface area contributed by atoms with Crippen molar-refractivity contribution < 1.29 is 30.0 Å². The maximum absolute atomic E-state index is 9.77. The summed E-state index contributed by atoms with van der Waals surface area (Å²) in [6, 6.07) is 14.3. The zero-order valence-corrected chi connectivity index (χ0v) is 15.4. The Bertz CT molecular complexity index is 781. The summed E-state index contributed by atoms with van der Waals surface area (Å²) in [5.41, 5.74) is 14.9. The molecule has 9 heteroatoms. The molecule has 2 rings (SSSR count). The van der Waals surface area contributed by atoms with Crippen molar-refractivity contribution in [2.45, 2.75) is 35.5 Å². The van der Waals surface area contributed by atoms with Gasteiger partial charge in [0.05, 0.1) is 0 Å². The number of nitrogens with two attached hydrogens (primary N) is 2. The van der Waals surface area contributed by atoms with Gasteiger partial charge in [-0.3, -0.25) is 0 Å². The highest BCUT2D eigenvalue weighted by molar-refractivity contribution is 7.99. The number of aryl methyl sites for hydroxylation is 1. The molecule has 0 heterocycles. The van der Waals surface area contributed by atoms with Crippen molar-refractivity contribution in [2.24, 2.45) is 5.73 Å². The molecule has 0 aliphatic carbocycles. The second-order valence-corrected chi connectivity index (χ2v) is 6.61. The van der Waals surface area contributed by atoms with E-state index in [4.69, 9.17) is 31.9 Å². The summed E-state index contributed by atoms with van der Waals surface area (Å²) in [6.45, 7) is 2.59. The molecule has 0 aliphatic rings. The van der Waals surface area contributed by atoms with Crippen LogP contribution >= 0.6 is 11.8 Å². The topological polar surface area (TPSA) is 167 Å². The molecule has 27 heavy (non-hydrogen) atoms. The Morgan fingerprint density at radius 1 is 1.00 bits per heavy atom. The van der Waals surface area contributed by atoms with Crippen LogP contribution in [0.4, 0.5) is 5.69 Å². The third kappa shape index (κ3) is 6.91. The molecule has 2 atom stereocenters. The number of carbonyl (C=O) groups is 2. The Balaban J connectivity index is 0.000000314. The van der Waals surface area contributed by atoms with E-state index in [2.05, 4.69) is 18.2 Å². The van der Waals surface area contributed by atoms with E-state index >= 15 is 0 Å². The molecular formula is C18H22N2O6S. The van der Waals surface area contributed by atoms with Crippen LogP contribution in [0.25, 0.3) is 0 Å². The van der Waals surface area contributed by atoms with E-state index in [0.29, 0.717) is 6.54 Å². The monoisotopic (exact) mass is 394 g/mol. The van der Waals surface area contributed by atoms with Crippen LogP contribution in [-0.4, -0.2) is 44.6 Å². The molecule has 0 amide bonds. The largest absolute Gasteiger partial charge is 0.479 e. The lowest BCUT2D eigenvalue weighted by Gasteiger charge is -2.09. The van der Waals surface area contributed by atoms with Gasteiger partial charge in [0.15, 0.2) is 12.2 Å². The third-order valence-electron chi connectivity index (χ3n) is 3.38. The van der Waals surface area contributed by atoms with E-state index in [0.717, 1.165) is 16.1 Å². The first kappa shape index (κ1) is 22.5. The van der Waals surface area contributed by atoms with Crippen LogP contribution in [-0.2, 0) is 16.1 Å². The third-order valence-corrected chi connectivity index (χ3v) is 4.59. The van der Waals surface area contributed by atoms with E-state index in [1.54, 1.807) is 11.8 Å². The number of aliphatic hydroxyl groups is 2. The number of hydrogen-bond acceptors (Lipinski definition) is 7. The summed E-state index contributed by atoms with van der Waals surface area (Å²) in [4.78, 5) is 21.8. The fourth-order valence-electron chi connectivity index (χ4n) is 1.92. The van der Waals surface area contributed by atoms with Crippen LogP contribution in [0.3, 0.4) is 0 Å². The predicted octanol–water partition coefficient (Wildman–Crippen LogP) is 1.06. The summed E-state index contributed by atoms with van der Waals surface area (Å²) in [5, 5.41) is 32.5. The van der Waals surface area contributed by atoms with Crippen LogP contribution < -0.4 is 11.5 Å². The van der Waals surface area contributed by atoms with Gasteiger partial charge >= 0.3 is 11.9 Å². The summed E-state index contributed by atoms with van der Waals surface area (Å²) in [5.74, 6) is -3.54. The first-order chi connectivity index (χ1) is 12.7. The first-order valence-electron chi connectivity index (χ1n) is 7.81. The van der Waals surface area contributed by atoms with Gasteiger partial charge in [-0.05, 0) is 36.2 Å². The lowest BCUT2D eigenvalue weighted by Crippen LogP contribution is -2.39. The van der Waals surface area contributed by atoms with Crippen molar-refractivity contribution in [1.29, 1.82) is 0 Å². The fraction of sp³-hybridized carbons (Fsp3) is 0.222. The van der Waals surface area contributed by atoms with Crippen LogP contribution in [0.15, 0.2) is 52.3 Å². The number of carboxylic acid groups (broad SMARTS) is 2. The number of aliphatic carboxylic acids is 2. The highest BCUT2D eigenvalue weighted by Crippen LogP contribution is 2.34. The summed E-state index contributed by atoms with van der Waals surface area (Å²) in [6.07, 6.45) is -4.53. The molecule has 0 bridgehead atoms. The molecule has 0 aromatic heterocycles. The SMILES string of the molecule is Cc1ccc(Sc2ccccc2CN)c(N)c1.O=C(O)C(O)C(O)C(=O)O. The van der Waals surface area contributed by atoms with Crippen molar-refractivity contribution in [3.05, 3.63) is 53.6 Å². The predicted molar refractivity (Wildman–Crippen MR) is 101 cm³/mol. The average Bonchev–Trinajstić information content (AvgIpc) is 2.63. The second kappa shape index (κ2) is 10.5. The van der Waals surface area contributed by atoms with Gasteiger partial charge < -0.3 is 31.9 Å². The lowest BCUT2D eigenvalue weighted by molar-refractivity contribution is -0.165. The van der Waals surface area contributed by atoms with Gasteiger partial charge in [-0.15, -0.1) is 0 Å². The average molecular weight is 394 g/mol. The molecule has 0 radical (unpaired) electrons. The standard InChI is InChI=1S/C14H16N2S.C4H6O6/c1-10-6-7-14(12(16)8-10)17-13-5-3-2-4-11(13)9-15;5-1(3(7)8)2(6)4(9)10/h2-8H,9,15-16H2,1H3;1-2,5-6H,(H,7,8)(H,9,10). The van der Waals surface area contributed by atoms with Crippen LogP contribution in [0.5, 0.6) is 0 Å². The van der Waals surface area contributed by atoms with Gasteiger partial charge in [-0.2, -0.15) is 0 Å². The summed E-state index contributed by atoms with van der Waals surface area (Å²) >= 11 is 1.67. The minimum atomic E-state index is -2.27. The Morgan fingerprint density at radius 2 is 1.56 bits per heavy atom. The number of carboxylic acids is 2. The number of anilines is 1. The molecule has 0 saturated heterocycles. The zero-order valence-electron chi connectivity index (χ0n) is 14.6. The zero-order chi connectivity index (χ0) is 20.6. The fourth-order valence-corrected chi connectivity index (χ4v) is 2.90. The minimum Gasteiger partial charge on any atom is -0.479 e. The normalized spacial score (nSPS) is 12.4. The number of hydrogen-bond donors (Lipinski definition) is 6. The second-order valence-electron chi connectivity index (χ2n) is 5.52. The molecule has 146 valence electrons. The number of rotatable bonds is 6. The molecular weight excluding hydrogens is 372 g/mol. The van der Waals surface area contributed by atoms with Crippen molar-refractivity contribution in [2.75, 3.05) is 5.73 Å². The Hall–Kier alpha value is -2.59. The molecule has 2 unspecified atom stereocenters. The number of aliphatic hydroxyl groups excluding tert-OH is 2. The highest BCUT2D eigenvalue weighted by atomic mass is 32.2. The van der Waals surface area contributed by atoms with Crippen molar-refractivity contribution >= 4 is 29.4 Å². The molecule has 2 aromatic carbocycles. The number of benzene rings is 2. The van der Waals surface area contributed by atoms with E-state index < -0.39 is 24.1 Å². The quantitative estimate of drug-likeness (QED) is 0.393. The molecule has 0 fully saturated rings. The first-order valence-corrected chi connectivity index (χ1v) is 8.62. The van der Waals surface area contributed by atoms with E-state index in [1.807, 2.05) is 31.2 Å². The highest BCUT2D eigenvalue weighted by Gasteiger charge is 2.29. The Labute approximate surface area is 160 Å². The maximum Gasteiger partial charge on any atom is 0.335 e. The molecule has 8 N–H and O–H groups in total. The van der Waals surface area contributed by atoms with Crippen LogP contribution in [0, 0.1) is 6.92 Å². The van der Waals surface area contributed by atoms with E-state index in [-0.39, 0.29) is 0 Å². The van der Waals surface area contributed by atoms with Crippen molar-refractivity contribution in [1.82, 2.24) is 0 Å². The summed E-state index contributed by atoms with van der Waals surface area (Å²) < 4.78 is 0. The van der Waals surface area contributed by atoms with Crippen molar-refractivity contribution in [3.8, 4) is 0 Å². The molecule has 2 aromatic rings. The summed E-state index contributed by atoms with van der Waals surface area (Å²) in [7, 11) is 0. The Morgan fingerprint density at radius 3 is 2.04 bits per heavy atom. The number of nitrogen functional groups attached to an aromatic ring is 1. The van der Waals surface area contributed by atoms with Crippen LogP contribution in [0.2, 0.25) is 0 Å². The van der Waals surface area contributed by atoms with Crippen LogP contribution in [0.1, 0.15) is 11.1 Å². The van der Waals surface area contributed by atoms with Gasteiger partial charge in [-0.25, -0.2) is 9.59 Å². The van der Waals surface area contributed by atoms with E-state index in [9.17, 15) is 9.59 Å². The van der Waals surface area contributed by atoms with Gasteiger partial charge in [0, 0.05) is 22.0 Å². The van der Waals surface area contributed by atoms with Gasteiger partial charge in [-0.1, -0.05) is 36.0 Å². The molecule has 0 spiro atoms. The lowest BCUT2D eigenvalue weighted by atomic mass is 10.2. The van der Waals surface area contributed by atoms with E-state index in [1.165, 1.54) is 10.5 Å². The Kier molecular flexibility index (Phi) is 8.76. The molecule has 8 nitrogen and oxygen atoms in total. The van der Waals surface area contributed by atoms with Gasteiger partial charge in [0.25, 0.3) is 0 Å². The molecule has 0 saturated carbocycles. The maximum atomic E-state index is 9.77. The van der Waals surface area contributed by atoms with Gasteiger partial charge in [0.2, 0.25) is 0 Å². The van der Waals surface area contributed by atoms with Crippen molar-refractivity contribution in [3.63, 3.8) is 0 Å². The van der Waals surface area contributed by atoms with Gasteiger partial charge in [0.1, 0.15) is 0 Å². The molecule has 0 aliphatic heterocycles. The smallest absolute Gasteiger partial charge is 0.335 e. The minimum absolute atomic E-state index is 0.551.